The quantitative estimate of drug-likeness (QED) is 0.242. The highest BCUT2D eigenvalue weighted by Crippen LogP contribution is 2.35. The monoisotopic (exact) mass is 482 g/mol. The molecular weight excluding hydrogens is 456 g/mol. The van der Waals surface area contributed by atoms with Crippen molar-refractivity contribution in [1.29, 1.82) is 0 Å². The lowest BCUT2D eigenvalue weighted by molar-refractivity contribution is 0.481. The van der Waals surface area contributed by atoms with Gasteiger partial charge in [0, 0.05) is 53.7 Å². The van der Waals surface area contributed by atoms with E-state index in [9.17, 15) is 0 Å². The predicted octanol–water partition coefficient (Wildman–Crippen LogP) is 7.59. The van der Waals surface area contributed by atoms with Crippen LogP contribution in [0.5, 0.6) is 11.5 Å². The largest absolute Gasteiger partial charge is 0.457 e. The number of para-hydroxylation sites is 1. The molecule has 0 saturated heterocycles. The summed E-state index contributed by atoms with van der Waals surface area (Å²) in [4.78, 5) is 9.47. The maximum absolute atomic E-state index is 6.38. The molecule has 2 aromatic heterocycles. The molecule has 0 radical (unpaired) electrons. The SMILES string of the molecule is Cc1ccccc1-c1cn2c3ccccc3c3ccc(Oc4cccc(N5C=CN(C)C5)c4)cc3c2n1. The Balaban J connectivity index is 1.36. The van der Waals surface area contributed by atoms with Gasteiger partial charge in [-0.05, 0) is 54.3 Å². The molecule has 5 nitrogen and oxygen atoms in total. The molecule has 37 heavy (non-hydrogen) atoms. The van der Waals surface area contributed by atoms with Gasteiger partial charge in [-0.1, -0.05) is 48.5 Å². The van der Waals surface area contributed by atoms with Crippen molar-refractivity contribution in [3.05, 3.63) is 115 Å². The third-order valence-electron chi connectivity index (χ3n) is 7.07. The molecule has 1 aliphatic heterocycles. The highest BCUT2D eigenvalue weighted by molar-refractivity contribution is 6.12. The van der Waals surface area contributed by atoms with Gasteiger partial charge in [0.2, 0.25) is 0 Å². The first-order valence-corrected chi connectivity index (χ1v) is 12.5. The van der Waals surface area contributed by atoms with Crippen LogP contribution in [-0.4, -0.2) is 28.0 Å². The zero-order valence-corrected chi connectivity index (χ0v) is 20.8. The molecule has 0 spiro atoms. The molecule has 0 aliphatic carbocycles. The van der Waals surface area contributed by atoms with E-state index in [-0.39, 0.29) is 0 Å². The van der Waals surface area contributed by atoms with Crippen molar-refractivity contribution in [2.75, 3.05) is 18.6 Å². The Hall–Kier alpha value is -4.77. The summed E-state index contributed by atoms with van der Waals surface area (Å²) in [5, 5.41) is 3.42. The van der Waals surface area contributed by atoms with Gasteiger partial charge in [-0.2, -0.15) is 0 Å². The van der Waals surface area contributed by atoms with Crippen LogP contribution in [0.4, 0.5) is 5.69 Å². The normalized spacial score (nSPS) is 13.4. The second kappa shape index (κ2) is 8.42. The summed E-state index contributed by atoms with van der Waals surface area (Å²) in [7, 11) is 2.07. The minimum Gasteiger partial charge on any atom is -0.457 e. The molecule has 0 saturated carbocycles. The first-order chi connectivity index (χ1) is 18.1. The lowest BCUT2D eigenvalue weighted by Gasteiger charge is -2.19. The number of hydrogen-bond acceptors (Lipinski definition) is 4. The van der Waals surface area contributed by atoms with Gasteiger partial charge in [0.1, 0.15) is 17.1 Å². The van der Waals surface area contributed by atoms with Gasteiger partial charge in [-0.15, -0.1) is 0 Å². The Morgan fingerprint density at radius 3 is 2.46 bits per heavy atom. The molecule has 6 aromatic rings. The van der Waals surface area contributed by atoms with E-state index in [0.717, 1.165) is 57.0 Å². The summed E-state index contributed by atoms with van der Waals surface area (Å²) < 4.78 is 8.59. The molecule has 5 heteroatoms. The van der Waals surface area contributed by atoms with Crippen molar-refractivity contribution >= 4 is 33.0 Å². The third-order valence-corrected chi connectivity index (χ3v) is 7.07. The second-order valence-corrected chi connectivity index (χ2v) is 9.62. The Bertz CT molecular complexity index is 1830. The van der Waals surface area contributed by atoms with Crippen molar-refractivity contribution in [1.82, 2.24) is 14.3 Å². The minimum atomic E-state index is 0.788. The van der Waals surface area contributed by atoms with Gasteiger partial charge in [0.05, 0.1) is 17.9 Å². The number of imidazole rings is 1. The Morgan fingerprint density at radius 1 is 0.757 bits per heavy atom. The molecule has 1 aliphatic rings. The number of aryl methyl sites for hydroxylation is 1. The van der Waals surface area contributed by atoms with Gasteiger partial charge in [0.25, 0.3) is 0 Å². The zero-order chi connectivity index (χ0) is 24.9. The van der Waals surface area contributed by atoms with Gasteiger partial charge < -0.3 is 14.5 Å². The number of aromatic nitrogens is 2. The smallest absolute Gasteiger partial charge is 0.146 e. The Labute approximate surface area is 215 Å². The van der Waals surface area contributed by atoms with E-state index in [1.165, 1.54) is 10.9 Å². The average Bonchev–Trinajstić information content (AvgIpc) is 3.56. The molecule has 0 fully saturated rings. The first-order valence-electron chi connectivity index (χ1n) is 12.5. The van der Waals surface area contributed by atoms with Crippen LogP contribution in [0.25, 0.3) is 38.6 Å². The highest BCUT2D eigenvalue weighted by Gasteiger charge is 2.15. The number of nitrogens with zero attached hydrogens (tertiary/aromatic N) is 4. The van der Waals surface area contributed by atoms with Crippen LogP contribution in [-0.2, 0) is 0 Å². The molecule has 0 unspecified atom stereocenters. The van der Waals surface area contributed by atoms with Gasteiger partial charge in [-0.25, -0.2) is 4.98 Å². The summed E-state index contributed by atoms with van der Waals surface area (Å²) in [6.07, 6.45) is 6.31. The van der Waals surface area contributed by atoms with Crippen molar-refractivity contribution in [3.63, 3.8) is 0 Å². The van der Waals surface area contributed by atoms with E-state index in [2.05, 4.69) is 120 Å². The molecule has 3 heterocycles. The lowest BCUT2D eigenvalue weighted by atomic mass is 10.1. The molecule has 0 atom stereocenters. The van der Waals surface area contributed by atoms with Crippen molar-refractivity contribution in [3.8, 4) is 22.8 Å². The van der Waals surface area contributed by atoms with Crippen molar-refractivity contribution in [2.24, 2.45) is 0 Å². The number of rotatable bonds is 4. The predicted molar refractivity (Wildman–Crippen MR) is 151 cm³/mol. The maximum atomic E-state index is 6.38. The number of hydrogen-bond donors (Lipinski definition) is 0. The van der Waals surface area contributed by atoms with E-state index >= 15 is 0 Å². The summed E-state index contributed by atoms with van der Waals surface area (Å²) >= 11 is 0. The highest BCUT2D eigenvalue weighted by atomic mass is 16.5. The molecular formula is C32H26N4O. The number of pyridine rings is 1. The topological polar surface area (TPSA) is 33.0 Å². The molecule has 4 aromatic carbocycles. The zero-order valence-electron chi connectivity index (χ0n) is 20.8. The molecule has 0 bridgehead atoms. The summed E-state index contributed by atoms with van der Waals surface area (Å²) in [6, 6.07) is 31.4. The standard InChI is InChI=1S/C32H26N4O/c1-22-8-3-4-11-26(22)30-20-36-31-13-6-5-12-28(31)27-15-14-25(19-29(27)32(36)33-30)37-24-10-7-9-23(18-24)35-17-16-34(2)21-35/h3-20H,21H2,1-2H3. The first kappa shape index (κ1) is 21.5. The van der Waals surface area contributed by atoms with E-state index in [0.29, 0.717) is 0 Å². The van der Waals surface area contributed by atoms with Gasteiger partial charge >= 0.3 is 0 Å². The summed E-state index contributed by atoms with van der Waals surface area (Å²) in [5.41, 5.74) is 6.50. The van der Waals surface area contributed by atoms with Crippen LogP contribution in [0.15, 0.2) is 110 Å². The van der Waals surface area contributed by atoms with E-state index in [4.69, 9.17) is 9.72 Å². The second-order valence-electron chi connectivity index (χ2n) is 9.62. The van der Waals surface area contributed by atoms with Crippen LogP contribution >= 0.6 is 0 Å². The third kappa shape index (κ3) is 3.67. The number of anilines is 1. The molecule has 180 valence electrons. The van der Waals surface area contributed by atoms with Gasteiger partial charge in [-0.3, -0.25) is 4.40 Å². The molecule has 0 amide bonds. The van der Waals surface area contributed by atoms with Crippen molar-refractivity contribution < 1.29 is 4.74 Å². The number of fused-ring (bicyclic) bond motifs is 6. The average molecular weight is 483 g/mol. The fourth-order valence-electron chi connectivity index (χ4n) is 5.22. The Kier molecular flexibility index (Phi) is 4.89. The fourth-order valence-corrected chi connectivity index (χ4v) is 5.22. The van der Waals surface area contributed by atoms with Crippen molar-refractivity contribution in [2.45, 2.75) is 6.92 Å². The lowest BCUT2D eigenvalue weighted by Crippen LogP contribution is -2.21. The van der Waals surface area contributed by atoms with Crippen LogP contribution in [0.2, 0.25) is 0 Å². The Morgan fingerprint density at radius 2 is 1.59 bits per heavy atom. The van der Waals surface area contributed by atoms with Crippen LogP contribution < -0.4 is 9.64 Å². The number of benzene rings is 4. The molecule has 0 N–H and O–H groups in total. The van der Waals surface area contributed by atoms with Crippen LogP contribution in [0.1, 0.15) is 5.56 Å². The van der Waals surface area contributed by atoms with E-state index in [1.54, 1.807) is 0 Å². The molecule has 7 rings (SSSR count). The maximum Gasteiger partial charge on any atom is 0.146 e. The van der Waals surface area contributed by atoms with E-state index < -0.39 is 0 Å². The van der Waals surface area contributed by atoms with Crippen LogP contribution in [0.3, 0.4) is 0 Å². The number of ether oxygens (including phenoxy) is 1. The van der Waals surface area contributed by atoms with E-state index in [1.807, 2.05) is 18.2 Å². The fraction of sp³-hybridized carbons (Fsp3) is 0.0938. The summed E-state index contributed by atoms with van der Waals surface area (Å²) in [5.74, 6) is 1.59. The van der Waals surface area contributed by atoms with Crippen LogP contribution in [0, 0.1) is 6.92 Å². The van der Waals surface area contributed by atoms with Gasteiger partial charge in [0.15, 0.2) is 0 Å². The summed E-state index contributed by atoms with van der Waals surface area (Å²) in [6.45, 7) is 2.96. The minimum absolute atomic E-state index is 0.788.